The topological polar surface area (TPSA) is 25.8 Å². The van der Waals surface area contributed by atoms with E-state index in [1.54, 1.807) is 6.20 Å². The van der Waals surface area contributed by atoms with Crippen LogP contribution in [0.5, 0.6) is 0 Å². The Balaban J connectivity index is 2.66. The van der Waals surface area contributed by atoms with Gasteiger partial charge < -0.3 is 0 Å². The molecule has 2 nitrogen and oxygen atoms in total. The molecule has 0 aliphatic rings. The van der Waals surface area contributed by atoms with Crippen LogP contribution in [-0.4, -0.2) is 10.2 Å². The predicted octanol–water partition coefficient (Wildman–Crippen LogP) is 2.07. The molecule has 1 aromatic rings. The van der Waals surface area contributed by atoms with Gasteiger partial charge in [-0.15, -0.1) is 0 Å². The van der Waals surface area contributed by atoms with Crippen molar-refractivity contribution >= 4 is 0 Å². The van der Waals surface area contributed by atoms with Gasteiger partial charge in [0.15, 0.2) is 0 Å². The fourth-order valence-corrected chi connectivity index (χ4v) is 1.04. The molecule has 0 aliphatic heterocycles. The molecule has 1 rings (SSSR count). The number of aromatic nitrogens is 2. The Hall–Kier alpha value is -0.920. The first-order valence-electron chi connectivity index (χ1n) is 3.83. The van der Waals surface area contributed by atoms with E-state index >= 15 is 0 Å². The predicted molar refractivity (Wildman–Crippen MR) is 45.2 cm³/mol. The smallest absolute Gasteiger partial charge is 0.0528 e. The SMILES string of the molecule is CC(C)(C)Cc1ccnnc1. The van der Waals surface area contributed by atoms with Crippen LogP contribution < -0.4 is 0 Å². The quantitative estimate of drug-likeness (QED) is 0.612. The molecule has 60 valence electrons. The van der Waals surface area contributed by atoms with Crippen LogP contribution in [0.15, 0.2) is 18.5 Å². The van der Waals surface area contributed by atoms with Gasteiger partial charge in [-0.1, -0.05) is 20.8 Å². The van der Waals surface area contributed by atoms with Crippen LogP contribution in [0.3, 0.4) is 0 Å². The first-order valence-corrected chi connectivity index (χ1v) is 3.83. The van der Waals surface area contributed by atoms with Crippen LogP contribution in [0.1, 0.15) is 26.3 Å². The lowest BCUT2D eigenvalue weighted by Gasteiger charge is -2.17. The van der Waals surface area contributed by atoms with Gasteiger partial charge in [0, 0.05) is 6.20 Å². The molecule has 0 amide bonds. The van der Waals surface area contributed by atoms with E-state index in [4.69, 9.17) is 0 Å². The van der Waals surface area contributed by atoms with E-state index in [0.717, 1.165) is 6.42 Å². The third-order valence-electron chi connectivity index (χ3n) is 1.38. The summed E-state index contributed by atoms with van der Waals surface area (Å²) in [7, 11) is 0. The van der Waals surface area contributed by atoms with Crippen LogP contribution in [0.25, 0.3) is 0 Å². The van der Waals surface area contributed by atoms with Gasteiger partial charge in [0.05, 0.1) is 6.20 Å². The molecule has 0 bridgehead atoms. The van der Waals surface area contributed by atoms with E-state index in [9.17, 15) is 0 Å². The molecule has 0 fully saturated rings. The molecule has 0 unspecified atom stereocenters. The summed E-state index contributed by atoms with van der Waals surface area (Å²) in [6, 6.07) is 2.01. The first kappa shape index (κ1) is 8.18. The van der Waals surface area contributed by atoms with Crippen LogP contribution >= 0.6 is 0 Å². The van der Waals surface area contributed by atoms with Crippen molar-refractivity contribution < 1.29 is 0 Å². The molecule has 0 saturated heterocycles. The van der Waals surface area contributed by atoms with Crippen LogP contribution in [0.4, 0.5) is 0 Å². The molecule has 1 aromatic heterocycles. The second-order valence-electron chi connectivity index (χ2n) is 3.99. The van der Waals surface area contributed by atoms with Crippen molar-refractivity contribution in [2.75, 3.05) is 0 Å². The van der Waals surface area contributed by atoms with Gasteiger partial charge in [0.2, 0.25) is 0 Å². The third kappa shape index (κ3) is 3.12. The molecule has 0 aliphatic carbocycles. The highest BCUT2D eigenvalue weighted by Gasteiger charge is 2.10. The largest absolute Gasteiger partial charge is 0.159 e. The van der Waals surface area contributed by atoms with Crippen molar-refractivity contribution in [3.8, 4) is 0 Å². The molecule has 0 atom stereocenters. The van der Waals surface area contributed by atoms with E-state index in [2.05, 4.69) is 31.0 Å². The van der Waals surface area contributed by atoms with E-state index < -0.39 is 0 Å². The molecular weight excluding hydrogens is 136 g/mol. The summed E-state index contributed by atoms with van der Waals surface area (Å²) in [4.78, 5) is 0. The number of rotatable bonds is 1. The monoisotopic (exact) mass is 150 g/mol. The Labute approximate surface area is 67.7 Å². The fraction of sp³-hybridized carbons (Fsp3) is 0.556. The summed E-state index contributed by atoms with van der Waals surface area (Å²) in [6.45, 7) is 6.65. The first-order chi connectivity index (χ1) is 5.08. The number of nitrogens with zero attached hydrogens (tertiary/aromatic N) is 2. The van der Waals surface area contributed by atoms with E-state index in [0.29, 0.717) is 5.41 Å². The third-order valence-corrected chi connectivity index (χ3v) is 1.38. The van der Waals surface area contributed by atoms with Crippen LogP contribution in [0.2, 0.25) is 0 Å². The fourth-order valence-electron chi connectivity index (χ4n) is 1.04. The van der Waals surface area contributed by atoms with Gasteiger partial charge in [0.25, 0.3) is 0 Å². The lowest BCUT2D eigenvalue weighted by Crippen LogP contribution is -2.09. The lowest BCUT2D eigenvalue weighted by atomic mass is 9.89. The highest BCUT2D eigenvalue weighted by molar-refractivity contribution is 5.07. The zero-order chi connectivity index (χ0) is 8.32. The van der Waals surface area contributed by atoms with Gasteiger partial charge in [-0.25, -0.2) is 0 Å². The van der Waals surface area contributed by atoms with Gasteiger partial charge in [-0.3, -0.25) is 0 Å². The van der Waals surface area contributed by atoms with E-state index in [1.165, 1.54) is 5.56 Å². The Kier molecular flexibility index (Phi) is 2.22. The van der Waals surface area contributed by atoms with Crippen molar-refractivity contribution in [3.63, 3.8) is 0 Å². The Morgan fingerprint density at radius 1 is 1.27 bits per heavy atom. The zero-order valence-electron chi connectivity index (χ0n) is 7.33. The summed E-state index contributed by atoms with van der Waals surface area (Å²) in [6.07, 6.45) is 4.62. The summed E-state index contributed by atoms with van der Waals surface area (Å²) in [5, 5.41) is 7.54. The second-order valence-corrected chi connectivity index (χ2v) is 3.99. The average molecular weight is 150 g/mol. The summed E-state index contributed by atoms with van der Waals surface area (Å²) in [5.41, 5.74) is 1.59. The summed E-state index contributed by atoms with van der Waals surface area (Å²) >= 11 is 0. The van der Waals surface area contributed by atoms with Crippen LogP contribution in [-0.2, 0) is 6.42 Å². The van der Waals surface area contributed by atoms with Crippen molar-refractivity contribution in [2.24, 2.45) is 5.41 Å². The number of hydrogen-bond acceptors (Lipinski definition) is 2. The van der Waals surface area contributed by atoms with Crippen molar-refractivity contribution in [1.82, 2.24) is 10.2 Å². The maximum atomic E-state index is 3.82. The zero-order valence-corrected chi connectivity index (χ0v) is 7.33. The highest BCUT2D eigenvalue weighted by Crippen LogP contribution is 2.18. The highest BCUT2D eigenvalue weighted by atomic mass is 15.1. The molecule has 2 heteroatoms. The molecule has 0 spiro atoms. The minimum Gasteiger partial charge on any atom is -0.159 e. The molecule has 11 heavy (non-hydrogen) atoms. The van der Waals surface area contributed by atoms with Crippen molar-refractivity contribution in [3.05, 3.63) is 24.0 Å². The number of hydrogen-bond donors (Lipinski definition) is 0. The van der Waals surface area contributed by atoms with Gasteiger partial charge in [-0.2, -0.15) is 10.2 Å². The molecular formula is C9H14N2. The molecule has 0 N–H and O–H groups in total. The molecule has 0 saturated carbocycles. The summed E-state index contributed by atoms with van der Waals surface area (Å²) in [5.74, 6) is 0. The van der Waals surface area contributed by atoms with Gasteiger partial charge in [-0.05, 0) is 23.5 Å². The van der Waals surface area contributed by atoms with Crippen molar-refractivity contribution in [2.45, 2.75) is 27.2 Å². The minimum atomic E-state index is 0.336. The Morgan fingerprint density at radius 2 is 2.00 bits per heavy atom. The second kappa shape index (κ2) is 2.99. The van der Waals surface area contributed by atoms with Gasteiger partial charge >= 0.3 is 0 Å². The Bertz CT molecular complexity index is 211. The normalized spacial score (nSPS) is 11.5. The van der Waals surface area contributed by atoms with E-state index in [-0.39, 0.29) is 0 Å². The molecule has 0 aromatic carbocycles. The molecule has 1 heterocycles. The maximum Gasteiger partial charge on any atom is 0.0528 e. The van der Waals surface area contributed by atoms with E-state index in [1.807, 2.05) is 12.3 Å². The van der Waals surface area contributed by atoms with Gasteiger partial charge in [0.1, 0.15) is 0 Å². The lowest BCUT2D eigenvalue weighted by molar-refractivity contribution is 0.410. The summed E-state index contributed by atoms with van der Waals surface area (Å²) < 4.78 is 0. The van der Waals surface area contributed by atoms with Crippen LogP contribution in [0, 0.1) is 5.41 Å². The Morgan fingerprint density at radius 3 is 2.45 bits per heavy atom. The van der Waals surface area contributed by atoms with Crippen molar-refractivity contribution in [1.29, 1.82) is 0 Å². The molecule has 0 radical (unpaired) electrons. The minimum absolute atomic E-state index is 0.336. The maximum absolute atomic E-state index is 3.82. The standard InChI is InChI=1S/C9H14N2/c1-9(2,3)6-8-4-5-10-11-7-8/h4-5,7H,6H2,1-3H3. The average Bonchev–Trinajstić information content (AvgIpc) is 1.85.